The molecule has 0 aliphatic heterocycles. The number of aromatic hydroxyl groups is 1. The quantitative estimate of drug-likeness (QED) is 0.231. The van der Waals surface area contributed by atoms with E-state index in [9.17, 15) is 36.2 Å². The van der Waals surface area contributed by atoms with E-state index < -0.39 is 52.0 Å². The van der Waals surface area contributed by atoms with Crippen molar-refractivity contribution in [1.29, 1.82) is 0 Å². The van der Waals surface area contributed by atoms with Gasteiger partial charge in [0, 0.05) is 29.8 Å². The lowest BCUT2D eigenvalue weighted by Gasteiger charge is -2.39. The van der Waals surface area contributed by atoms with Crippen LogP contribution in [0.3, 0.4) is 0 Å². The van der Waals surface area contributed by atoms with Crippen molar-refractivity contribution < 1.29 is 36.2 Å². The van der Waals surface area contributed by atoms with Crippen LogP contribution in [0.15, 0.2) is 78.9 Å². The maximum Gasteiger partial charge on any atom is 0.419 e. The van der Waals surface area contributed by atoms with Gasteiger partial charge in [-0.3, -0.25) is 4.79 Å². The van der Waals surface area contributed by atoms with Crippen molar-refractivity contribution >= 4 is 5.91 Å². The average molecular weight is 587 g/mol. The van der Waals surface area contributed by atoms with Crippen LogP contribution in [-0.2, 0) is 18.3 Å². The molecule has 3 N–H and O–H groups in total. The van der Waals surface area contributed by atoms with Gasteiger partial charge in [-0.1, -0.05) is 30.4 Å². The van der Waals surface area contributed by atoms with Crippen molar-refractivity contribution in [3.05, 3.63) is 124 Å². The Morgan fingerprint density at radius 2 is 1.67 bits per heavy atom. The number of phenolic OH excluding ortho intramolecular Hbond substituents is 1. The Labute approximate surface area is 238 Å². The predicted octanol–water partition coefficient (Wildman–Crippen LogP) is 7.28. The number of carbonyl (C=O) groups excluding carboxylic acids is 1. The molecule has 0 spiro atoms. The number of nitrogens with one attached hydrogen (secondary N) is 2. The molecule has 3 aromatic rings. The molecule has 0 heterocycles. The summed E-state index contributed by atoms with van der Waals surface area (Å²) in [4.78, 5) is 13.7. The van der Waals surface area contributed by atoms with Gasteiger partial charge < -0.3 is 15.7 Å². The maximum absolute atomic E-state index is 14.9. The number of halogens is 6. The Kier molecular flexibility index (Phi) is 8.19. The first-order chi connectivity index (χ1) is 19.9. The number of rotatable bonds is 9. The fourth-order valence-corrected chi connectivity index (χ4v) is 5.26. The average Bonchev–Trinajstić information content (AvgIpc) is 3.76. The van der Waals surface area contributed by atoms with E-state index in [0.29, 0.717) is 24.1 Å². The summed E-state index contributed by atoms with van der Waals surface area (Å²) in [5.41, 5.74) is -3.03. The van der Waals surface area contributed by atoms with Gasteiger partial charge in [0.15, 0.2) is 0 Å². The van der Waals surface area contributed by atoms with Crippen LogP contribution in [0.5, 0.6) is 5.75 Å². The highest BCUT2D eigenvalue weighted by Gasteiger charge is 2.40. The first kappa shape index (κ1) is 29.4. The molecule has 1 fully saturated rings. The van der Waals surface area contributed by atoms with Crippen LogP contribution in [0, 0.1) is 23.4 Å². The molecule has 5 rings (SSSR count). The van der Waals surface area contributed by atoms with E-state index >= 15 is 0 Å². The topological polar surface area (TPSA) is 61.4 Å². The summed E-state index contributed by atoms with van der Waals surface area (Å²) in [7, 11) is 0. The first-order valence-electron chi connectivity index (χ1n) is 13.5. The Morgan fingerprint density at radius 3 is 2.33 bits per heavy atom. The van der Waals surface area contributed by atoms with Crippen molar-refractivity contribution in [2.45, 2.75) is 50.0 Å². The fraction of sp³-hybridized carbons (Fsp3) is 0.281. The lowest BCUT2D eigenvalue weighted by Crippen LogP contribution is -2.48. The van der Waals surface area contributed by atoms with Gasteiger partial charge in [0.25, 0.3) is 5.91 Å². The molecule has 42 heavy (non-hydrogen) atoms. The number of phenols is 1. The lowest BCUT2D eigenvalue weighted by atomic mass is 9.74. The number of benzene rings is 3. The van der Waals surface area contributed by atoms with Gasteiger partial charge >= 0.3 is 6.18 Å². The van der Waals surface area contributed by atoms with E-state index in [1.807, 2.05) is 18.2 Å². The van der Waals surface area contributed by atoms with Gasteiger partial charge in [-0.05, 0) is 85.2 Å². The van der Waals surface area contributed by atoms with Crippen molar-refractivity contribution in [2.24, 2.45) is 5.92 Å². The molecule has 1 saturated carbocycles. The zero-order valence-corrected chi connectivity index (χ0v) is 22.3. The smallest absolute Gasteiger partial charge is 0.419 e. The minimum atomic E-state index is -5.05. The second-order valence-corrected chi connectivity index (χ2v) is 10.7. The molecule has 0 radical (unpaired) electrons. The van der Waals surface area contributed by atoms with Crippen LogP contribution in [-0.4, -0.2) is 17.1 Å². The Balaban J connectivity index is 1.67. The standard InChI is InChI=1S/C32H28F6N2O2/c33-24-14-23(15-26(41)16-24)31(17-19-4-2-1-3-5-19,22-7-11-28(34)21(12-22)18-39-25-8-9-25)40-30(42)20-6-10-29(35)27(13-20)32(36,37)38/h1-4,6-7,10-16,19,25,39,41H,5,8-9,17-18H2,(H,40,42)/t19?,31-/m1/s1. The summed E-state index contributed by atoms with van der Waals surface area (Å²) in [5.74, 6) is -4.55. The Morgan fingerprint density at radius 1 is 0.905 bits per heavy atom. The number of amides is 1. The van der Waals surface area contributed by atoms with Crippen LogP contribution < -0.4 is 10.6 Å². The summed E-state index contributed by atoms with van der Waals surface area (Å²) in [6.45, 7) is 0.182. The molecule has 220 valence electrons. The zero-order valence-electron chi connectivity index (χ0n) is 22.3. The van der Waals surface area contributed by atoms with E-state index in [1.165, 1.54) is 24.3 Å². The van der Waals surface area contributed by atoms with E-state index in [4.69, 9.17) is 0 Å². The normalized spacial score (nSPS) is 18.1. The van der Waals surface area contributed by atoms with Crippen molar-refractivity contribution in [2.75, 3.05) is 0 Å². The highest BCUT2D eigenvalue weighted by molar-refractivity contribution is 5.95. The molecule has 0 bridgehead atoms. The molecule has 0 aromatic heterocycles. The van der Waals surface area contributed by atoms with E-state index in [-0.39, 0.29) is 36.1 Å². The third-order valence-electron chi connectivity index (χ3n) is 7.57. The molecule has 2 atom stereocenters. The van der Waals surface area contributed by atoms with Gasteiger partial charge in [-0.25, -0.2) is 13.2 Å². The highest BCUT2D eigenvalue weighted by atomic mass is 19.4. The summed E-state index contributed by atoms with van der Waals surface area (Å²) in [5, 5.41) is 16.4. The molecule has 1 amide bonds. The molecular formula is C32H28F6N2O2. The number of carbonyl (C=O) groups is 1. The Bertz CT molecular complexity index is 1530. The van der Waals surface area contributed by atoms with Gasteiger partial charge in [0.2, 0.25) is 0 Å². The van der Waals surface area contributed by atoms with Crippen LogP contribution in [0.1, 0.15) is 58.3 Å². The molecule has 4 nitrogen and oxygen atoms in total. The monoisotopic (exact) mass is 586 g/mol. The number of hydrogen-bond donors (Lipinski definition) is 3. The SMILES string of the molecule is O=C(N[C@@](CC1C=CC=CC1)(c1cc(O)cc(F)c1)c1ccc(F)c(CNC2CC2)c1)c1ccc(F)c(C(F)(F)F)c1. The molecule has 2 aliphatic rings. The zero-order chi connectivity index (χ0) is 30.1. The van der Waals surface area contributed by atoms with Gasteiger partial charge in [-0.2, -0.15) is 13.2 Å². The largest absolute Gasteiger partial charge is 0.508 e. The summed E-state index contributed by atoms with van der Waals surface area (Å²) in [6, 6.07) is 9.57. The minimum Gasteiger partial charge on any atom is -0.508 e. The van der Waals surface area contributed by atoms with E-state index in [2.05, 4.69) is 10.6 Å². The van der Waals surface area contributed by atoms with Crippen molar-refractivity contribution in [1.82, 2.24) is 10.6 Å². The number of allylic oxidation sites excluding steroid dienone is 4. The number of alkyl halides is 3. The lowest BCUT2D eigenvalue weighted by molar-refractivity contribution is -0.140. The maximum atomic E-state index is 14.9. The number of hydrogen-bond acceptors (Lipinski definition) is 3. The van der Waals surface area contributed by atoms with Gasteiger partial charge in [0.05, 0.1) is 11.1 Å². The predicted molar refractivity (Wildman–Crippen MR) is 145 cm³/mol. The summed E-state index contributed by atoms with van der Waals surface area (Å²) < 4.78 is 84.2. The summed E-state index contributed by atoms with van der Waals surface area (Å²) >= 11 is 0. The second-order valence-electron chi connectivity index (χ2n) is 10.7. The molecule has 1 unspecified atom stereocenters. The van der Waals surface area contributed by atoms with Crippen LogP contribution in [0.2, 0.25) is 0 Å². The molecule has 3 aromatic carbocycles. The third kappa shape index (κ3) is 6.54. The van der Waals surface area contributed by atoms with Crippen molar-refractivity contribution in [3.8, 4) is 5.75 Å². The van der Waals surface area contributed by atoms with E-state index in [1.54, 1.807) is 6.08 Å². The van der Waals surface area contributed by atoms with Crippen molar-refractivity contribution in [3.63, 3.8) is 0 Å². The van der Waals surface area contributed by atoms with Gasteiger partial charge in [0.1, 0.15) is 23.2 Å². The molecular weight excluding hydrogens is 558 g/mol. The van der Waals surface area contributed by atoms with Crippen LogP contribution in [0.4, 0.5) is 26.3 Å². The third-order valence-corrected chi connectivity index (χ3v) is 7.57. The summed E-state index contributed by atoms with van der Waals surface area (Å²) in [6.07, 6.45) is 4.89. The highest BCUT2D eigenvalue weighted by Crippen LogP contribution is 2.41. The fourth-order valence-electron chi connectivity index (χ4n) is 5.26. The molecule has 2 aliphatic carbocycles. The Hall–Kier alpha value is -4.05. The minimum absolute atomic E-state index is 0.0803. The van der Waals surface area contributed by atoms with Gasteiger partial charge in [-0.15, -0.1) is 0 Å². The molecule has 10 heteroatoms. The molecule has 0 saturated heterocycles. The van der Waals surface area contributed by atoms with Crippen LogP contribution >= 0.6 is 0 Å². The second kappa shape index (κ2) is 11.7. The van der Waals surface area contributed by atoms with Crippen LogP contribution in [0.25, 0.3) is 0 Å². The van der Waals surface area contributed by atoms with E-state index in [0.717, 1.165) is 31.0 Å². The first-order valence-corrected chi connectivity index (χ1v) is 13.5.